The normalized spacial score (nSPS) is 13.5. The number of rotatable bonds is 6. The van der Waals surface area contributed by atoms with Crippen molar-refractivity contribution in [2.45, 2.75) is 38.8 Å². The first-order valence-electron chi connectivity index (χ1n) is 10.8. The second-order valence-electron chi connectivity index (χ2n) is 7.93. The maximum Gasteiger partial charge on any atom is 0.410 e. The second kappa shape index (κ2) is 10.3. The Kier molecular flexibility index (Phi) is 7.01. The average molecular weight is 461 g/mol. The third-order valence-corrected chi connectivity index (χ3v) is 6.74. The number of carbonyl (C=O) groups excluding carboxylic acids is 2. The van der Waals surface area contributed by atoms with Gasteiger partial charge in [-0.2, -0.15) is 5.26 Å². The molecule has 33 heavy (non-hydrogen) atoms. The van der Waals surface area contributed by atoms with Gasteiger partial charge in [0.05, 0.1) is 17.8 Å². The van der Waals surface area contributed by atoms with Crippen molar-refractivity contribution in [1.29, 1.82) is 5.26 Å². The van der Waals surface area contributed by atoms with Gasteiger partial charge in [-0.1, -0.05) is 43.3 Å². The van der Waals surface area contributed by atoms with Crippen LogP contribution in [0.4, 0.5) is 9.80 Å². The SMILES string of the molecule is C[C@@H](CC(=O)Nc1sc2c(c1C#N)CCN(C(=O)OCc1ccccn1)C2)c1ccccc1. The number of aromatic nitrogens is 1. The van der Waals surface area contributed by atoms with Crippen LogP contribution in [0.2, 0.25) is 0 Å². The number of nitrogens with zero attached hydrogens (tertiary/aromatic N) is 3. The lowest BCUT2D eigenvalue weighted by Gasteiger charge is -2.26. The molecule has 0 bridgehead atoms. The number of hydrogen-bond donors (Lipinski definition) is 1. The molecule has 1 N–H and O–H groups in total. The highest BCUT2D eigenvalue weighted by atomic mass is 32.1. The Hall–Kier alpha value is -3.70. The summed E-state index contributed by atoms with van der Waals surface area (Å²) in [5, 5.41) is 13.2. The predicted octanol–water partition coefficient (Wildman–Crippen LogP) is 4.84. The zero-order chi connectivity index (χ0) is 23.2. The maximum atomic E-state index is 12.7. The quantitative estimate of drug-likeness (QED) is 0.568. The molecule has 0 radical (unpaired) electrons. The molecule has 0 spiro atoms. The molecule has 168 valence electrons. The van der Waals surface area contributed by atoms with Crippen molar-refractivity contribution in [3.8, 4) is 6.07 Å². The molecule has 1 aliphatic heterocycles. The lowest BCUT2D eigenvalue weighted by molar-refractivity contribution is -0.116. The van der Waals surface area contributed by atoms with Gasteiger partial charge in [0.2, 0.25) is 5.91 Å². The number of benzene rings is 1. The van der Waals surface area contributed by atoms with E-state index in [1.54, 1.807) is 23.2 Å². The van der Waals surface area contributed by atoms with Gasteiger partial charge in [0, 0.05) is 24.0 Å². The van der Waals surface area contributed by atoms with Crippen LogP contribution in [-0.2, 0) is 29.1 Å². The van der Waals surface area contributed by atoms with E-state index in [-0.39, 0.29) is 18.4 Å². The largest absolute Gasteiger partial charge is 0.443 e. The number of nitrogens with one attached hydrogen (secondary N) is 1. The van der Waals surface area contributed by atoms with E-state index in [0.29, 0.717) is 42.2 Å². The topological polar surface area (TPSA) is 95.3 Å². The van der Waals surface area contributed by atoms with E-state index >= 15 is 0 Å². The number of thiophene rings is 1. The Morgan fingerprint density at radius 1 is 1.24 bits per heavy atom. The van der Waals surface area contributed by atoms with Crippen LogP contribution >= 0.6 is 11.3 Å². The lowest BCUT2D eigenvalue weighted by atomic mass is 9.97. The number of amides is 2. The molecule has 0 unspecified atom stereocenters. The van der Waals surface area contributed by atoms with Crippen molar-refractivity contribution in [2.75, 3.05) is 11.9 Å². The minimum atomic E-state index is -0.416. The van der Waals surface area contributed by atoms with Crippen LogP contribution in [0, 0.1) is 11.3 Å². The van der Waals surface area contributed by atoms with E-state index in [2.05, 4.69) is 16.4 Å². The Morgan fingerprint density at radius 2 is 2.03 bits per heavy atom. The van der Waals surface area contributed by atoms with Crippen molar-refractivity contribution < 1.29 is 14.3 Å². The van der Waals surface area contributed by atoms with Crippen LogP contribution in [-0.4, -0.2) is 28.4 Å². The molecule has 8 heteroatoms. The molecule has 3 aromatic rings. The number of ether oxygens (including phenoxy) is 1. The van der Waals surface area contributed by atoms with E-state index in [9.17, 15) is 14.9 Å². The Morgan fingerprint density at radius 3 is 2.76 bits per heavy atom. The number of fused-ring (bicyclic) bond motifs is 1. The highest BCUT2D eigenvalue weighted by molar-refractivity contribution is 7.16. The zero-order valence-electron chi connectivity index (χ0n) is 18.3. The van der Waals surface area contributed by atoms with Gasteiger partial charge in [0.1, 0.15) is 17.7 Å². The number of carbonyl (C=O) groups is 2. The van der Waals surface area contributed by atoms with Gasteiger partial charge in [0.25, 0.3) is 0 Å². The van der Waals surface area contributed by atoms with Crippen molar-refractivity contribution in [3.63, 3.8) is 0 Å². The summed E-state index contributed by atoms with van der Waals surface area (Å²) in [5.41, 5.74) is 3.18. The fraction of sp³-hybridized carbons (Fsp3) is 0.280. The van der Waals surface area contributed by atoms with Gasteiger partial charge in [-0.15, -0.1) is 11.3 Å². The molecule has 0 aliphatic carbocycles. The fourth-order valence-electron chi connectivity index (χ4n) is 3.83. The van der Waals surface area contributed by atoms with Crippen LogP contribution in [0.15, 0.2) is 54.7 Å². The van der Waals surface area contributed by atoms with Crippen LogP contribution in [0.1, 0.15) is 46.5 Å². The summed E-state index contributed by atoms with van der Waals surface area (Å²) in [4.78, 5) is 31.9. The minimum Gasteiger partial charge on any atom is -0.443 e. The summed E-state index contributed by atoms with van der Waals surface area (Å²) in [5.74, 6) is -0.0660. The van der Waals surface area contributed by atoms with E-state index in [1.807, 2.05) is 43.3 Å². The van der Waals surface area contributed by atoms with Gasteiger partial charge >= 0.3 is 6.09 Å². The maximum absolute atomic E-state index is 12.7. The standard InChI is InChI=1S/C25H24N4O3S/c1-17(18-7-3-2-4-8-18)13-23(30)28-24-21(14-26)20-10-12-29(15-22(20)33-24)25(31)32-16-19-9-5-6-11-27-19/h2-9,11,17H,10,12-13,15-16H2,1H3,(H,28,30)/t17-/m0/s1. The molecule has 0 saturated carbocycles. The second-order valence-corrected chi connectivity index (χ2v) is 9.04. The monoisotopic (exact) mass is 460 g/mol. The zero-order valence-corrected chi connectivity index (χ0v) is 19.1. The minimum absolute atomic E-state index is 0.0655. The molecule has 0 saturated heterocycles. The fourth-order valence-corrected chi connectivity index (χ4v) is 5.06. The summed E-state index contributed by atoms with van der Waals surface area (Å²) >= 11 is 1.36. The summed E-state index contributed by atoms with van der Waals surface area (Å²) in [7, 11) is 0. The van der Waals surface area contributed by atoms with Gasteiger partial charge < -0.3 is 15.0 Å². The third kappa shape index (κ3) is 5.38. The van der Waals surface area contributed by atoms with Crippen molar-refractivity contribution >= 4 is 28.3 Å². The number of pyridine rings is 1. The van der Waals surface area contributed by atoms with Crippen molar-refractivity contribution in [1.82, 2.24) is 9.88 Å². The summed E-state index contributed by atoms with van der Waals surface area (Å²) < 4.78 is 5.39. The van der Waals surface area contributed by atoms with Crippen LogP contribution < -0.4 is 5.32 Å². The van der Waals surface area contributed by atoms with E-state index < -0.39 is 6.09 Å². The summed E-state index contributed by atoms with van der Waals surface area (Å²) in [6, 6.07) is 17.6. The Labute approximate surface area is 196 Å². The smallest absolute Gasteiger partial charge is 0.410 e. The van der Waals surface area contributed by atoms with E-state index in [1.165, 1.54) is 11.3 Å². The average Bonchev–Trinajstić information content (AvgIpc) is 3.19. The molecule has 1 aliphatic rings. The molecule has 1 atom stereocenters. The van der Waals surface area contributed by atoms with Gasteiger partial charge in [-0.25, -0.2) is 4.79 Å². The summed E-state index contributed by atoms with van der Waals surface area (Å²) in [6.07, 6.45) is 2.11. The van der Waals surface area contributed by atoms with Gasteiger partial charge in [0.15, 0.2) is 0 Å². The molecular formula is C25H24N4O3S. The first-order chi connectivity index (χ1) is 16.0. The highest BCUT2D eigenvalue weighted by Crippen LogP contribution is 2.37. The molecule has 4 rings (SSSR count). The molecule has 1 aromatic carbocycles. The molecule has 7 nitrogen and oxygen atoms in total. The van der Waals surface area contributed by atoms with E-state index in [0.717, 1.165) is 16.0 Å². The van der Waals surface area contributed by atoms with Crippen LogP contribution in [0.5, 0.6) is 0 Å². The lowest BCUT2D eigenvalue weighted by Crippen LogP contribution is -2.35. The molecule has 0 fully saturated rings. The van der Waals surface area contributed by atoms with Crippen molar-refractivity contribution in [2.24, 2.45) is 0 Å². The Balaban J connectivity index is 1.39. The molecule has 2 amide bonds. The summed E-state index contributed by atoms with van der Waals surface area (Å²) in [6.45, 7) is 2.93. The van der Waals surface area contributed by atoms with Gasteiger partial charge in [-0.3, -0.25) is 9.78 Å². The predicted molar refractivity (Wildman–Crippen MR) is 126 cm³/mol. The molecular weight excluding hydrogens is 436 g/mol. The van der Waals surface area contributed by atoms with E-state index in [4.69, 9.17) is 4.74 Å². The highest BCUT2D eigenvalue weighted by Gasteiger charge is 2.28. The number of nitriles is 1. The number of hydrogen-bond acceptors (Lipinski definition) is 6. The first kappa shape index (κ1) is 22.5. The third-order valence-electron chi connectivity index (χ3n) is 5.61. The van der Waals surface area contributed by atoms with Gasteiger partial charge in [-0.05, 0) is 35.6 Å². The molecule has 3 heterocycles. The molecule has 2 aromatic heterocycles. The van der Waals surface area contributed by atoms with Crippen LogP contribution in [0.25, 0.3) is 0 Å². The van der Waals surface area contributed by atoms with Crippen molar-refractivity contribution in [3.05, 3.63) is 82.0 Å². The first-order valence-corrected chi connectivity index (χ1v) is 11.6. The Bertz CT molecular complexity index is 1170. The number of anilines is 1. The van der Waals surface area contributed by atoms with Crippen LogP contribution in [0.3, 0.4) is 0 Å².